The second kappa shape index (κ2) is 11.5. The van der Waals surface area contributed by atoms with E-state index in [1.165, 1.54) is 12.1 Å². The molecule has 0 heterocycles. The van der Waals surface area contributed by atoms with Gasteiger partial charge in [-0.25, -0.2) is 0 Å². The summed E-state index contributed by atoms with van der Waals surface area (Å²) in [5.41, 5.74) is -1.21. The number of benzene rings is 2. The summed E-state index contributed by atoms with van der Waals surface area (Å²) in [6, 6.07) is 6.20. The third kappa shape index (κ3) is 8.19. The maximum atomic E-state index is 12.7. The zero-order valence-corrected chi connectivity index (χ0v) is 19.1. The largest absolute Gasteiger partial charge is 1.00 e. The van der Waals surface area contributed by atoms with Crippen molar-refractivity contribution in [3.05, 3.63) is 57.1 Å². The molecule has 2 aromatic carbocycles. The molecule has 0 spiro atoms. The fourth-order valence-electron chi connectivity index (χ4n) is 2.29. The molecule has 0 bridgehead atoms. The predicted molar refractivity (Wildman–Crippen MR) is 98.5 cm³/mol. The molecule has 0 aliphatic carbocycles. The number of halogens is 4. The van der Waals surface area contributed by atoms with E-state index in [0.717, 1.165) is 18.2 Å². The molecule has 0 aromatic heterocycles. The quantitative estimate of drug-likeness (QED) is 0.325. The summed E-state index contributed by atoms with van der Waals surface area (Å²) < 4.78 is 48.6. The summed E-state index contributed by atoms with van der Waals surface area (Å²) in [6.45, 7) is 0.934. The van der Waals surface area contributed by atoms with Crippen molar-refractivity contribution >= 4 is 28.9 Å². The van der Waals surface area contributed by atoms with Gasteiger partial charge in [0.15, 0.2) is 0 Å². The number of carbonyl (C=O) groups is 1. The number of alkyl halides is 3. The molecule has 0 aliphatic rings. The van der Waals surface area contributed by atoms with Crippen LogP contribution in [0.25, 0.3) is 0 Å². The number of nitro groups is 1. The first-order chi connectivity index (χ1) is 14.0. The van der Waals surface area contributed by atoms with Gasteiger partial charge in [0.2, 0.25) is 0 Å². The van der Waals surface area contributed by atoms with E-state index >= 15 is 0 Å². The van der Waals surface area contributed by atoms with E-state index in [2.05, 4.69) is 5.32 Å². The van der Waals surface area contributed by atoms with Crippen LogP contribution >= 0.6 is 11.6 Å². The number of carbonyl (C=O) groups excluding carboxylic acids is 1. The molecular formula is C18H15ClF3N2NaO6. The van der Waals surface area contributed by atoms with Gasteiger partial charge in [-0.3, -0.25) is 10.1 Å². The first-order valence-electron chi connectivity index (χ1n) is 8.35. The number of nitrogens with one attached hydrogen (secondary N) is 1. The summed E-state index contributed by atoms with van der Waals surface area (Å²) in [4.78, 5) is 21.0. The Labute approximate surface area is 201 Å². The fourth-order valence-corrected chi connectivity index (χ4v) is 2.51. The number of aliphatic carboxylic acids is 1. The molecule has 162 valence electrons. The second-order valence-electron chi connectivity index (χ2n) is 6.06. The Morgan fingerprint density at radius 1 is 1.26 bits per heavy atom. The SMILES string of the molecule is CC(CNc1cc(Oc2ccc(C(F)(F)F)cc2Cl)ccc1[N+](=O)[O-])OCC(=O)[O-].[Na+]. The standard InChI is InChI=1S/C18H16ClF3N2O6.Na/c1-10(29-9-17(25)26)8-23-14-7-12(3-4-15(14)24(27)28)30-16-5-2-11(6-13(16)19)18(20,21)22;/h2-7,10,23H,8-9H2,1H3,(H,25,26);/q;+1/p-1. The first-order valence-corrected chi connectivity index (χ1v) is 8.73. The minimum absolute atomic E-state index is 0. The summed E-state index contributed by atoms with van der Waals surface area (Å²) in [7, 11) is 0. The van der Waals surface area contributed by atoms with Gasteiger partial charge in [0.1, 0.15) is 17.2 Å². The number of carboxylic acids is 1. The minimum Gasteiger partial charge on any atom is -0.548 e. The van der Waals surface area contributed by atoms with Gasteiger partial charge in [0.05, 0.1) is 34.2 Å². The van der Waals surface area contributed by atoms with Gasteiger partial charge in [-0.1, -0.05) is 11.6 Å². The molecule has 2 aromatic rings. The average molecular weight is 471 g/mol. The molecule has 0 saturated carbocycles. The van der Waals surface area contributed by atoms with Crippen LogP contribution in [0.3, 0.4) is 0 Å². The van der Waals surface area contributed by atoms with Crippen molar-refractivity contribution < 1.29 is 67.0 Å². The number of carboxylic acid groups (broad SMARTS) is 1. The van der Waals surface area contributed by atoms with Crippen LogP contribution in [0.4, 0.5) is 24.5 Å². The summed E-state index contributed by atoms with van der Waals surface area (Å²) in [5, 5.41) is 24.1. The average Bonchev–Trinajstić information content (AvgIpc) is 2.65. The van der Waals surface area contributed by atoms with Gasteiger partial charge in [0.25, 0.3) is 5.69 Å². The van der Waals surface area contributed by atoms with E-state index in [0.29, 0.717) is 6.07 Å². The van der Waals surface area contributed by atoms with Crippen molar-refractivity contribution in [1.82, 2.24) is 0 Å². The molecular weight excluding hydrogens is 456 g/mol. The van der Waals surface area contributed by atoms with Crippen LogP contribution in [0, 0.1) is 10.1 Å². The molecule has 1 atom stereocenters. The van der Waals surface area contributed by atoms with E-state index in [9.17, 15) is 33.2 Å². The number of nitro benzene ring substituents is 1. The van der Waals surface area contributed by atoms with Crippen molar-refractivity contribution in [3.63, 3.8) is 0 Å². The Morgan fingerprint density at radius 3 is 2.48 bits per heavy atom. The van der Waals surface area contributed by atoms with E-state index in [4.69, 9.17) is 21.1 Å². The van der Waals surface area contributed by atoms with Crippen LogP contribution < -0.4 is 44.7 Å². The van der Waals surface area contributed by atoms with Crippen molar-refractivity contribution in [2.75, 3.05) is 18.5 Å². The topological polar surface area (TPSA) is 114 Å². The molecule has 0 fully saturated rings. The van der Waals surface area contributed by atoms with E-state index < -0.39 is 35.3 Å². The first kappa shape index (κ1) is 27.0. The summed E-state index contributed by atoms with van der Waals surface area (Å²) in [6.07, 6.45) is -5.18. The normalized spacial score (nSPS) is 11.9. The molecule has 2 rings (SSSR count). The number of rotatable bonds is 9. The van der Waals surface area contributed by atoms with Gasteiger partial charge in [-0.05, 0) is 31.2 Å². The number of hydrogen-bond acceptors (Lipinski definition) is 7. The van der Waals surface area contributed by atoms with Gasteiger partial charge < -0.3 is 24.7 Å². The molecule has 1 N–H and O–H groups in total. The molecule has 0 aliphatic heterocycles. The smallest absolute Gasteiger partial charge is 0.548 e. The Bertz CT molecular complexity index is 945. The van der Waals surface area contributed by atoms with Crippen LogP contribution in [0.15, 0.2) is 36.4 Å². The maximum Gasteiger partial charge on any atom is 1.00 e. The molecule has 0 saturated heterocycles. The Hall–Kier alpha value is -2.05. The summed E-state index contributed by atoms with van der Waals surface area (Å²) in [5.74, 6) is -1.40. The monoisotopic (exact) mass is 470 g/mol. The van der Waals surface area contributed by atoms with Crippen molar-refractivity contribution in [2.24, 2.45) is 0 Å². The molecule has 0 amide bonds. The van der Waals surface area contributed by atoms with Gasteiger partial charge >= 0.3 is 35.7 Å². The molecule has 0 radical (unpaired) electrons. The number of hydrogen-bond donors (Lipinski definition) is 1. The summed E-state index contributed by atoms with van der Waals surface area (Å²) >= 11 is 5.85. The van der Waals surface area contributed by atoms with E-state index in [1.54, 1.807) is 6.92 Å². The van der Waals surface area contributed by atoms with Crippen molar-refractivity contribution in [3.8, 4) is 11.5 Å². The van der Waals surface area contributed by atoms with E-state index in [1.807, 2.05) is 0 Å². The third-order valence-electron chi connectivity index (χ3n) is 3.72. The number of anilines is 1. The fraction of sp³-hybridized carbons (Fsp3) is 0.278. The third-order valence-corrected chi connectivity index (χ3v) is 4.01. The second-order valence-corrected chi connectivity index (χ2v) is 6.46. The molecule has 13 heteroatoms. The van der Waals surface area contributed by atoms with Crippen LogP contribution in [0.5, 0.6) is 11.5 Å². The molecule has 8 nitrogen and oxygen atoms in total. The minimum atomic E-state index is -4.57. The Kier molecular flexibility index (Phi) is 10.0. The van der Waals surface area contributed by atoms with Crippen molar-refractivity contribution in [1.29, 1.82) is 0 Å². The molecule has 1 unspecified atom stereocenters. The van der Waals surface area contributed by atoms with Gasteiger partial charge in [0, 0.05) is 18.7 Å². The van der Waals surface area contributed by atoms with Crippen LogP contribution in [-0.4, -0.2) is 30.1 Å². The van der Waals surface area contributed by atoms with Crippen molar-refractivity contribution in [2.45, 2.75) is 19.2 Å². The zero-order valence-electron chi connectivity index (χ0n) is 16.4. The number of ether oxygens (including phenoxy) is 2. The zero-order chi connectivity index (χ0) is 22.5. The van der Waals surface area contributed by atoms with Gasteiger partial charge in [-0.15, -0.1) is 0 Å². The van der Waals surface area contributed by atoms with Crippen LogP contribution in [0.2, 0.25) is 5.02 Å². The van der Waals surface area contributed by atoms with E-state index in [-0.39, 0.29) is 64.0 Å². The van der Waals surface area contributed by atoms with Crippen LogP contribution in [0.1, 0.15) is 12.5 Å². The van der Waals surface area contributed by atoms with Crippen LogP contribution in [-0.2, 0) is 15.7 Å². The maximum absolute atomic E-state index is 12.7. The number of nitrogens with zero attached hydrogens (tertiary/aromatic N) is 1. The predicted octanol–water partition coefficient (Wildman–Crippen LogP) is 0.630. The molecule has 31 heavy (non-hydrogen) atoms. The Balaban J connectivity index is 0.00000480. The van der Waals surface area contributed by atoms with Gasteiger partial charge in [-0.2, -0.15) is 13.2 Å². The Morgan fingerprint density at radius 2 is 1.94 bits per heavy atom.